The van der Waals surface area contributed by atoms with Crippen molar-refractivity contribution in [3.8, 4) is 0 Å². The number of alkyl halides is 3. The van der Waals surface area contributed by atoms with Crippen LogP contribution in [0.15, 0.2) is 0 Å². The molecule has 0 aromatic rings. The molecule has 0 spiro atoms. The molecule has 18 heavy (non-hydrogen) atoms. The lowest BCUT2D eigenvalue weighted by Gasteiger charge is -2.37. The number of piperazine rings is 1. The van der Waals surface area contributed by atoms with Gasteiger partial charge >= 0.3 is 6.18 Å². The van der Waals surface area contributed by atoms with Crippen LogP contribution in [0.1, 0.15) is 12.8 Å². The Morgan fingerprint density at radius 2 is 1.50 bits per heavy atom. The zero-order valence-electron chi connectivity index (χ0n) is 10.7. The van der Waals surface area contributed by atoms with Crippen LogP contribution in [0.3, 0.4) is 0 Å². The molecule has 2 aliphatic heterocycles. The molecule has 0 bridgehead atoms. The molecule has 0 atom stereocenters. The third-order valence-corrected chi connectivity index (χ3v) is 3.84. The number of hydrogen-bond acceptors (Lipinski definition) is 3. The number of nitrogens with one attached hydrogen (secondary N) is 1. The first-order valence-corrected chi connectivity index (χ1v) is 6.75. The zero-order valence-corrected chi connectivity index (χ0v) is 10.7. The number of nitrogens with zero attached hydrogens (tertiary/aromatic N) is 2. The summed E-state index contributed by atoms with van der Waals surface area (Å²) in [5, 5.41) is 3.33. The highest BCUT2D eigenvalue weighted by atomic mass is 19.4. The normalized spacial score (nSPS) is 25.5. The van der Waals surface area contributed by atoms with Crippen LogP contribution in [-0.4, -0.2) is 68.3 Å². The second-order valence-electron chi connectivity index (χ2n) is 5.39. The Hall–Kier alpha value is -0.330. The van der Waals surface area contributed by atoms with E-state index in [2.05, 4.69) is 10.2 Å². The molecular weight excluding hydrogens is 243 g/mol. The Morgan fingerprint density at radius 1 is 0.944 bits per heavy atom. The summed E-state index contributed by atoms with van der Waals surface area (Å²) in [5.41, 5.74) is 0. The molecule has 0 aliphatic carbocycles. The van der Waals surface area contributed by atoms with Crippen molar-refractivity contribution in [2.24, 2.45) is 5.92 Å². The molecule has 3 nitrogen and oxygen atoms in total. The van der Waals surface area contributed by atoms with Gasteiger partial charge in [-0.3, -0.25) is 4.90 Å². The molecule has 2 rings (SSSR count). The van der Waals surface area contributed by atoms with Gasteiger partial charge in [-0.2, -0.15) is 13.2 Å². The molecule has 0 saturated carbocycles. The third-order valence-electron chi connectivity index (χ3n) is 3.84. The van der Waals surface area contributed by atoms with Gasteiger partial charge in [0.2, 0.25) is 0 Å². The highest BCUT2D eigenvalue weighted by Gasteiger charge is 2.32. The standard InChI is InChI=1S/C12H22F3N3/c13-12(14,15)10-18-7-5-17(6-8-18)9-11-1-3-16-4-2-11/h11,16H,1-10H2. The number of hydrogen-bond donors (Lipinski definition) is 1. The first-order chi connectivity index (χ1) is 8.53. The summed E-state index contributed by atoms with van der Waals surface area (Å²) >= 11 is 0. The fourth-order valence-electron chi connectivity index (χ4n) is 2.81. The van der Waals surface area contributed by atoms with E-state index in [1.54, 1.807) is 0 Å². The number of halogens is 3. The Kier molecular flexibility index (Phi) is 4.86. The van der Waals surface area contributed by atoms with Crippen molar-refractivity contribution in [2.75, 3.05) is 52.4 Å². The van der Waals surface area contributed by atoms with Crippen LogP contribution in [0, 0.1) is 5.92 Å². The van der Waals surface area contributed by atoms with E-state index < -0.39 is 12.7 Å². The van der Waals surface area contributed by atoms with Gasteiger partial charge < -0.3 is 10.2 Å². The second-order valence-corrected chi connectivity index (χ2v) is 5.39. The van der Waals surface area contributed by atoms with Gasteiger partial charge in [-0.1, -0.05) is 0 Å². The minimum absolute atomic E-state index is 0.546. The molecule has 2 heterocycles. The molecule has 106 valence electrons. The summed E-state index contributed by atoms with van der Waals surface area (Å²) in [4.78, 5) is 3.84. The summed E-state index contributed by atoms with van der Waals surface area (Å²) < 4.78 is 36.7. The maximum Gasteiger partial charge on any atom is 0.401 e. The van der Waals surface area contributed by atoms with E-state index >= 15 is 0 Å². The minimum Gasteiger partial charge on any atom is -0.317 e. The molecule has 0 aromatic carbocycles. The van der Waals surface area contributed by atoms with Crippen LogP contribution in [0.4, 0.5) is 13.2 Å². The zero-order chi connectivity index (χ0) is 13.0. The van der Waals surface area contributed by atoms with Crippen molar-refractivity contribution in [3.05, 3.63) is 0 Å². The summed E-state index contributed by atoms with van der Waals surface area (Å²) in [6.07, 6.45) is -1.66. The fraction of sp³-hybridized carbons (Fsp3) is 1.00. The van der Waals surface area contributed by atoms with Gasteiger partial charge in [0.05, 0.1) is 6.54 Å². The van der Waals surface area contributed by atoms with Gasteiger partial charge in [0, 0.05) is 32.7 Å². The molecule has 0 unspecified atom stereocenters. The van der Waals surface area contributed by atoms with Crippen molar-refractivity contribution in [2.45, 2.75) is 19.0 Å². The van der Waals surface area contributed by atoms with E-state index in [4.69, 9.17) is 0 Å². The first kappa shape index (κ1) is 14.1. The predicted molar refractivity (Wildman–Crippen MR) is 64.5 cm³/mol. The van der Waals surface area contributed by atoms with Gasteiger partial charge in [-0.15, -0.1) is 0 Å². The van der Waals surface area contributed by atoms with E-state index in [0.29, 0.717) is 13.1 Å². The second kappa shape index (κ2) is 6.21. The van der Waals surface area contributed by atoms with Crippen LogP contribution in [0.25, 0.3) is 0 Å². The van der Waals surface area contributed by atoms with Gasteiger partial charge in [0.15, 0.2) is 0 Å². The first-order valence-electron chi connectivity index (χ1n) is 6.75. The molecule has 0 amide bonds. The lowest BCUT2D eigenvalue weighted by atomic mass is 9.97. The predicted octanol–water partition coefficient (Wildman–Crippen LogP) is 1.17. The highest BCUT2D eigenvalue weighted by molar-refractivity contribution is 4.78. The van der Waals surface area contributed by atoms with Gasteiger partial charge in [0.1, 0.15) is 0 Å². The van der Waals surface area contributed by atoms with E-state index in [-0.39, 0.29) is 0 Å². The molecule has 0 aromatic heterocycles. The van der Waals surface area contributed by atoms with Crippen molar-refractivity contribution in [1.82, 2.24) is 15.1 Å². The van der Waals surface area contributed by atoms with Crippen molar-refractivity contribution in [3.63, 3.8) is 0 Å². The van der Waals surface area contributed by atoms with E-state index in [1.165, 1.54) is 17.7 Å². The summed E-state index contributed by atoms with van der Waals surface area (Å²) in [7, 11) is 0. The number of piperidine rings is 1. The Bertz CT molecular complexity index is 243. The molecule has 2 saturated heterocycles. The molecule has 2 fully saturated rings. The van der Waals surface area contributed by atoms with Gasteiger partial charge in [-0.05, 0) is 31.8 Å². The van der Waals surface area contributed by atoms with E-state index in [1.807, 2.05) is 0 Å². The monoisotopic (exact) mass is 265 g/mol. The molecule has 6 heteroatoms. The molecular formula is C12H22F3N3. The fourth-order valence-corrected chi connectivity index (χ4v) is 2.81. The van der Waals surface area contributed by atoms with Crippen LogP contribution < -0.4 is 5.32 Å². The largest absolute Gasteiger partial charge is 0.401 e. The molecule has 0 radical (unpaired) electrons. The van der Waals surface area contributed by atoms with E-state index in [0.717, 1.165) is 38.6 Å². The van der Waals surface area contributed by atoms with Crippen LogP contribution in [0.5, 0.6) is 0 Å². The minimum atomic E-state index is -4.06. The van der Waals surface area contributed by atoms with Crippen LogP contribution >= 0.6 is 0 Å². The van der Waals surface area contributed by atoms with Gasteiger partial charge in [-0.25, -0.2) is 0 Å². The quantitative estimate of drug-likeness (QED) is 0.826. The maximum atomic E-state index is 12.2. The molecule has 1 N–H and O–H groups in total. The SMILES string of the molecule is FC(F)(F)CN1CCN(CC2CCNCC2)CC1. The highest BCUT2D eigenvalue weighted by Crippen LogP contribution is 2.19. The average molecular weight is 265 g/mol. The Balaban J connectivity index is 1.66. The van der Waals surface area contributed by atoms with Crippen molar-refractivity contribution in [1.29, 1.82) is 0 Å². The topological polar surface area (TPSA) is 18.5 Å². The van der Waals surface area contributed by atoms with Crippen LogP contribution in [-0.2, 0) is 0 Å². The van der Waals surface area contributed by atoms with Crippen molar-refractivity contribution >= 4 is 0 Å². The smallest absolute Gasteiger partial charge is 0.317 e. The third kappa shape index (κ3) is 4.74. The van der Waals surface area contributed by atoms with Gasteiger partial charge in [0.25, 0.3) is 0 Å². The lowest BCUT2D eigenvalue weighted by molar-refractivity contribution is -0.149. The van der Waals surface area contributed by atoms with E-state index in [9.17, 15) is 13.2 Å². The van der Waals surface area contributed by atoms with Crippen LogP contribution in [0.2, 0.25) is 0 Å². The summed E-state index contributed by atoms with van der Waals surface area (Å²) in [6.45, 7) is 5.11. The summed E-state index contributed by atoms with van der Waals surface area (Å²) in [5.74, 6) is 0.723. The van der Waals surface area contributed by atoms with Crippen molar-refractivity contribution < 1.29 is 13.2 Å². The molecule has 2 aliphatic rings. The average Bonchev–Trinajstić information content (AvgIpc) is 2.31. The Labute approximate surface area is 106 Å². The lowest BCUT2D eigenvalue weighted by Crippen LogP contribution is -2.50. The summed E-state index contributed by atoms with van der Waals surface area (Å²) in [6, 6.07) is 0. The Morgan fingerprint density at radius 3 is 2.06 bits per heavy atom. The number of rotatable bonds is 3. The maximum absolute atomic E-state index is 12.2.